The molecule has 0 unspecified atom stereocenters. The average molecular weight is 362 g/mol. The molecule has 0 saturated carbocycles. The van der Waals surface area contributed by atoms with Crippen molar-refractivity contribution in [3.05, 3.63) is 68.7 Å². The molecular formula is C17H16ClN3O4. The quantitative estimate of drug-likeness (QED) is 0.605. The van der Waals surface area contributed by atoms with Crippen molar-refractivity contribution in [3.8, 4) is 0 Å². The second-order valence-corrected chi connectivity index (χ2v) is 5.62. The number of amides is 2. The highest BCUT2D eigenvalue weighted by Gasteiger charge is 2.16. The molecule has 2 rings (SSSR count). The van der Waals surface area contributed by atoms with Crippen LogP contribution in [0.3, 0.4) is 0 Å². The smallest absolute Gasteiger partial charge is 0.270 e. The van der Waals surface area contributed by atoms with Crippen LogP contribution in [0.25, 0.3) is 0 Å². The summed E-state index contributed by atoms with van der Waals surface area (Å²) >= 11 is 5.95. The van der Waals surface area contributed by atoms with E-state index < -0.39 is 10.8 Å². The third-order valence-electron chi connectivity index (χ3n) is 3.32. The van der Waals surface area contributed by atoms with Crippen molar-refractivity contribution in [1.29, 1.82) is 0 Å². The minimum absolute atomic E-state index is 0.0169. The lowest BCUT2D eigenvalue weighted by atomic mass is 10.1. The molecule has 0 fully saturated rings. The van der Waals surface area contributed by atoms with Crippen LogP contribution in [0.5, 0.6) is 0 Å². The van der Waals surface area contributed by atoms with Crippen LogP contribution < -0.4 is 10.6 Å². The summed E-state index contributed by atoms with van der Waals surface area (Å²) in [4.78, 5) is 34.5. The molecule has 0 aliphatic heterocycles. The van der Waals surface area contributed by atoms with Gasteiger partial charge in [-0.25, -0.2) is 0 Å². The van der Waals surface area contributed by atoms with Crippen molar-refractivity contribution in [1.82, 2.24) is 5.32 Å². The molecule has 0 spiro atoms. The summed E-state index contributed by atoms with van der Waals surface area (Å²) in [5.41, 5.74) is 0.534. The zero-order valence-corrected chi connectivity index (χ0v) is 14.2. The lowest BCUT2D eigenvalue weighted by molar-refractivity contribution is -0.384. The summed E-state index contributed by atoms with van der Waals surface area (Å²) in [5.74, 6) is -0.842. The summed E-state index contributed by atoms with van der Waals surface area (Å²) < 4.78 is 0. The van der Waals surface area contributed by atoms with Gasteiger partial charge in [0.1, 0.15) is 0 Å². The molecule has 2 aromatic carbocycles. The molecule has 130 valence electrons. The van der Waals surface area contributed by atoms with Gasteiger partial charge in [-0.15, -0.1) is 0 Å². The predicted molar refractivity (Wildman–Crippen MR) is 95.1 cm³/mol. The van der Waals surface area contributed by atoms with Crippen molar-refractivity contribution in [2.45, 2.75) is 13.3 Å². The molecular weight excluding hydrogens is 346 g/mol. The van der Waals surface area contributed by atoms with Crippen LogP contribution in [0.1, 0.15) is 34.1 Å². The van der Waals surface area contributed by atoms with Crippen LogP contribution >= 0.6 is 11.6 Å². The number of carbonyl (C=O) groups is 2. The number of hydrogen-bond acceptors (Lipinski definition) is 4. The maximum absolute atomic E-state index is 12.3. The number of nitro benzene ring substituents is 1. The first-order valence-electron chi connectivity index (χ1n) is 7.56. The highest BCUT2D eigenvalue weighted by molar-refractivity contribution is 6.34. The minimum Gasteiger partial charge on any atom is -0.352 e. The van der Waals surface area contributed by atoms with Crippen LogP contribution in [0, 0.1) is 10.1 Å². The Hall–Kier alpha value is -2.93. The zero-order chi connectivity index (χ0) is 18.4. The van der Waals surface area contributed by atoms with Crippen LogP contribution in [0.2, 0.25) is 5.02 Å². The highest BCUT2D eigenvalue weighted by atomic mass is 35.5. The molecule has 0 aromatic heterocycles. The van der Waals surface area contributed by atoms with E-state index in [1.54, 1.807) is 18.2 Å². The van der Waals surface area contributed by atoms with E-state index in [-0.39, 0.29) is 22.2 Å². The van der Waals surface area contributed by atoms with E-state index in [2.05, 4.69) is 10.6 Å². The van der Waals surface area contributed by atoms with E-state index in [0.717, 1.165) is 12.5 Å². The normalized spacial score (nSPS) is 10.2. The average Bonchev–Trinajstić information content (AvgIpc) is 2.59. The van der Waals surface area contributed by atoms with Gasteiger partial charge < -0.3 is 10.6 Å². The van der Waals surface area contributed by atoms with Crippen molar-refractivity contribution in [2.24, 2.45) is 0 Å². The molecule has 0 aliphatic rings. The molecule has 0 radical (unpaired) electrons. The Morgan fingerprint density at radius 2 is 1.92 bits per heavy atom. The van der Waals surface area contributed by atoms with E-state index in [0.29, 0.717) is 17.8 Å². The second kappa shape index (κ2) is 8.25. The van der Waals surface area contributed by atoms with Crippen LogP contribution in [0.4, 0.5) is 11.4 Å². The minimum atomic E-state index is -0.605. The molecule has 25 heavy (non-hydrogen) atoms. The van der Waals surface area contributed by atoms with Crippen LogP contribution in [-0.4, -0.2) is 23.3 Å². The maximum Gasteiger partial charge on any atom is 0.270 e. The van der Waals surface area contributed by atoms with E-state index in [1.807, 2.05) is 6.92 Å². The van der Waals surface area contributed by atoms with E-state index in [4.69, 9.17) is 11.6 Å². The van der Waals surface area contributed by atoms with Crippen molar-refractivity contribution < 1.29 is 14.5 Å². The van der Waals surface area contributed by atoms with Gasteiger partial charge in [-0.05, 0) is 30.7 Å². The standard InChI is InChI=1S/C17H16ClN3O4/c1-2-8-19-16(22)11-4-3-5-12(9-11)20-17(23)14-10-13(21(24)25)6-7-15(14)18/h3-7,9-10H,2,8H2,1H3,(H,19,22)(H,20,23). The molecule has 2 aromatic rings. The van der Waals surface area contributed by atoms with Crippen molar-refractivity contribution >= 4 is 34.8 Å². The number of anilines is 1. The Balaban J connectivity index is 2.20. The van der Waals surface area contributed by atoms with Crippen molar-refractivity contribution in [2.75, 3.05) is 11.9 Å². The Kier molecular flexibility index (Phi) is 6.08. The number of benzene rings is 2. The number of hydrogen-bond donors (Lipinski definition) is 2. The summed E-state index contributed by atoms with van der Waals surface area (Å²) in [6, 6.07) is 10.0. The van der Waals surface area contributed by atoms with Gasteiger partial charge in [0.2, 0.25) is 0 Å². The monoisotopic (exact) mass is 361 g/mol. The number of halogens is 1. The summed E-state index contributed by atoms with van der Waals surface area (Å²) in [5, 5.41) is 16.3. The second-order valence-electron chi connectivity index (χ2n) is 5.21. The molecule has 0 atom stereocenters. The number of nitrogens with zero attached hydrogens (tertiary/aromatic N) is 1. The largest absolute Gasteiger partial charge is 0.352 e. The summed E-state index contributed by atoms with van der Waals surface area (Å²) in [6.45, 7) is 2.50. The summed E-state index contributed by atoms with van der Waals surface area (Å²) in [7, 11) is 0. The van der Waals surface area contributed by atoms with Gasteiger partial charge >= 0.3 is 0 Å². The SMILES string of the molecule is CCCNC(=O)c1cccc(NC(=O)c2cc([N+](=O)[O-])ccc2Cl)c1. The lowest BCUT2D eigenvalue weighted by Gasteiger charge is -2.09. The Morgan fingerprint density at radius 1 is 1.16 bits per heavy atom. The molecule has 0 heterocycles. The third kappa shape index (κ3) is 4.77. The van der Waals surface area contributed by atoms with E-state index >= 15 is 0 Å². The zero-order valence-electron chi connectivity index (χ0n) is 13.4. The van der Waals surface area contributed by atoms with Gasteiger partial charge in [0.25, 0.3) is 17.5 Å². The van der Waals surface area contributed by atoms with Gasteiger partial charge in [0.05, 0.1) is 15.5 Å². The first-order chi connectivity index (χ1) is 11.9. The van der Waals surface area contributed by atoms with Gasteiger partial charge in [0, 0.05) is 29.9 Å². The summed E-state index contributed by atoms with van der Waals surface area (Å²) in [6.07, 6.45) is 0.813. The first kappa shape index (κ1) is 18.4. The van der Waals surface area contributed by atoms with Gasteiger partial charge in [0.15, 0.2) is 0 Å². The van der Waals surface area contributed by atoms with Gasteiger partial charge in [-0.1, -0.05) is 24.6 Å². The predicted octanol–water partition coefficient (Wildman–Crippen LogP) is 3.64. The number of carbonyl (C=O) groups excluding carboxylic acids is 2. The van der Waals surface area contributed by atoms with E-state index in [1.165, 1.54) is 18.2 Å². The molecule has 7 nitrogen and oxygen atoms in total. The van der Waals surface area contributed by atoms with Gasteiger partial charge in [-0.3, -0.25) is 19.7 Å². The fourth-order valence-electron chi connectivity index (χ4n) is 2.08. The van der Waals surface area contributed by atoms with E-state index in [9.17, 15) is 19.7 Å². The maximum atomic E-state index is 12.3. The number of non-ortho nitro benzene ring substituents is 1. The molecule has 0 bridgehead atoms. The fourth-order valence-corrected chi connectivity index (χ4v) is 2.28. The molecule has 2 amide bonds. The first-order valence-corrected chi connectivity index (χ1v) is 7.93. The van der Waals surface area contributed by atoms with Crippen LogP contribution in [0.15, 0.2) is 42.5 Å². The molecule has 2 N–H and O–H groups in total. The van der Waals surface area contributed by atoms with Crippen LogP contribution in [-0.2, 0) is 0 Å². The Labute approximate surface area is 149 Å². The van der Waals surface area contributed by atoms with Gasteiger partial charge in [-0.2, -0.15) is 0 Å². The molecule has 0 saturated heterocycles. The lowest BCUT2D eigenvalue weighted by Crippen LogP contribution is -2.24. The number of nitrogens with one attached hydrogen (secondary N) is 2. The molecule has 8 heteroatoms. The third-order valence-corrected chi connectivity index (χ3v) is 3.65. The topological polar surface area (TPSA) is 101 Å². The highest BCUT2D eigenvalue weighted by Crippen LogP contribution is 2.23. The fraction of sp³-hybridized carbons (Fsp3) is 0.176. The number of nitro groups is 1. The Morgan fingerprint density at radius 3 is 2.60 bits per heavy atom. The Bertz CT molecular complexity index is 823. The number of rotatable bonds is 6. The van der Waals surface area contributed by atoms with Crippen molar-refractivity contribution in [3.63, 3.8) is 0 Å². The molecule has 0 aliphatic carbocycles.